The highest BCUT2D eigenvalue weighted by atomic mass is 28.4. The van der Waals surface area contributed by atoms with Crippen molar-refractivity contribution in [2.75, 3.05) is 24.7 Å². The SMILES string of the molecule is C[C@@H]1[C@@H]([Si](C)(C)O)[C@H](CC(=O)N2CCC[C@H]2CO)O[C@@H]1CCc1cccc(N2C(=O)COc3ccccc32)c1. The van der Waals surface area contributed by atoms with E-state index >= 15 is 0 Å². The maximum absolute atomic E-state index is 13.2. The molecule has 2 aromatic rings. The van der Waals surface area contributed by atoms with Crippen molar-refractivity contribution in [3.8, 4) is 5.75 Å². The fourth-order valence-electron chi connectivity index (χ4n) is 6.80. The number of carbonyl (C=O) groups is 2. The van der Waals surface area contributed by atoms with Gasteiger partial charge >= 0.3 is 0 Å². The lowest BCUT2D eigenvalue weighted by Gasteiger charge is -2.31. The van der Waals surface area contributed by atoms with Gasteiger partial charge in [0.2, 0.25) is 5.91 Å². The number of fused-ring (bicyclic) bond motifs is 1. The second-order valence-corrected chi connectivity index (χ2v) is 15.7. The Morgan fingerprint density at radius 2 is 1.92 bits per heavy atom. The maximum Gasteiger partial charge on any atom is 0.269 e. The lowest BCUT2D eigenvalue weighted by molar-refractivity contribution is -0.135. The first-order valence-corrected chi connectivity index (χ1v) is 17.1. The molecule has 2 N–H and O–H groups in total. The smallest absolute Gasteiger partial charge is 0.269 e. The Morgan fingerprint density at radius 3 is 2.69 bits per heavy atom. The van der Waals surface area contributed by atoms with E-state index < -0.39 is 8.32 Å². The summed E-state index contributed by atoms with van der Waals surface area (Å²) in [6.45, 7) is 6.67. The van der Waals surface area contributed by atoms with Gasteiger partial charge in [-0.25, -0.2) is 0 Å². The third-order valence-corrected chi connectivity index (χ3v) is 11.1. The van der Waals surface area contributed by atoms with Gasteiger partial charge in [0.1, 0.15) is 5.75 Å². The number of amides is 2. The van der Waals surface area contributed by atoms with Crippen molar-refractivity contribution < 1.29 is 29.0 Å². The van der Waals surface area contributed by atoms with Crippen LogP contribution >= 0.6 is 0 Å². The maximum atomic E-state index is 13.2. The Hall–Kier alpha value is -2.72. The molecular formula is C30H40N2O6Si. The summed E-state index contributed by atoms with van der Waals surface area (Å²) in [5.74, 6) is 0.719. The van der Waals surface area contributed by atoms with Crippen molar-refractivity contribution in [3.63, 3.8) is 0 Å². The van der Waals surface area contributed by atoms with Crippen LogP contribution in [0.25, 0.3) is 0 Å². The van der Waals surface area contributed by atoms with Crippen molar-refractivity contribution in [1.29, 1.82) is 0 Å². The molecular weight excluding hydrogens is 512 g/mol. The highest BCUT2D eigenvalue weighted by Crippen LogP contribution is 2.46. The lowest BCUT2D eigenvalue weighted by Crippen LogP contribution is -2.43. The van der Waals surface area contributed by atoms with Crippen molar-refractivity contribution in [2.24, 2.45) is 5.92 Å². The van der Waals surface area contributed by atoms with Crippen molar-refractivity contribution in [2.45, 2.75) is 75.9 Å². The molecule has 8 nitrogen and oxygen atoms in total. The lowest BCUT2D eigenvalue weighted by atomic mass is 9.95. The van der Waals surface area contributed by atoms with E-state index in [4.69, 9.17) is 9.47 Å². The molecule has 210 valence electrons. The summed E-state index contributed by atoms with van der Waals surface area (Å²) in [7, 11) is -2.61. The molecule has 2 amide bonds. The Balaban J connectivity index is 1.28. The summed E-state index contributed by atoms with van der Waals surface area (Å²) in [4.78, 5) is 40.6. The van der Waals surface area contributed by atoms with Crippen LogP contribution in [0.2, 0.25) is 18.6 Å². The highest BCUT2D eigenvalue weighted by molar-refractivity contribution is 6.71. The number of para-hydroxylation sites is 2. The van der Waals surface area contributed by atoms with Gasteiger partial charge in [-0.05, 0) is 74.5 Å². The topological polar surface area (TPSA) is 99.5 Å². The minimum Gasteiger partial charge on any atom is -0.482 e. The van der Waals surface area contributed by atoms with E-state index in [-0.39, 0.29) is 61.2 Å². The van der Waals surface area contributed by atoms with E-state index in [2.05, 4.69) is 13.0 Å². The summed E-state index contributed by atoms with van der Waals surface area (Å²) < 4.78 is 12.1. The van der Waals surface area contributed by atoms with E-state index in [1.54, 1.807) is 9.80 Å². The Labute approximate surface area is 231 Å². The number of aryl methyl sites for hydroxylation is 1. The standard InChI is InChI=1S/C30H40N2O6Si/c1-20-25(38-27(30(20)39(2,3)36)17-28(34)31-15-7-10-23(31)18-33)14-13-21-8-6-9-22(16-21)32-24-11-4-5-12-26(24)37-19-29(32)35/h4-6,8-9,11-12,16,20,23,25,27,30,33,36H,7,10,13-15,17-19H2,1-3H3/t20-,23-,25+,27-,30+/m0/s1. The summed E-state index contributed by atoms with van der Waals surface area (Å²) in [5, 5.41) is 9.67. The number of anilines is 2. The van der Waals surface area contributed by atoms with E-state index in [9.17, 15) is 19.5 Å². The Bertz CT molecular complexity index is 1200. The first-order valence-electron chi connectivity index (χ1n) is 14.1. The van der Waals surface area contributed by atoms with Gasteiger partial charge in [0.05, 0.1) is 37.0 Å². The van der Waals surface area contributed by atoms with Crippen molar-refractivity contribution in [1.82, 2.24) is 4.90 Å². The minimum atomic E-state index is -2.61. The molecule has 0 bridgehead atoms. The third kappa shape index (κ3) is 5.77. The largest absolute Gasteiger partial charge is 0.482 e. The van der Waals surface area contributed by atoms with Crippen LogP contribution in [0.4, 0.5) is 11.4 Å². The molecule has 2 saturated heterocycles. The highest BCUT2D eigenvalue weighted by Gasteiger charge is 2.50. The molecule has 9 heteroatoms. The van der Waals surface area contributed by atoms with Gasteiger partial charge in [0.25, 0.3) is 5.91 Å². The quantitative estimate of drug-likeness (QED) is 0.480. The molecule has 0 radical (unpaired) electrons. The number of aliphatic hydroxyl groups is 1. The zero-order valence-corrected chi connectivity index (χ0v) is 24.1. The van der Waals surface area contributed by atoms with Crippen LogP contribution in [0.1, 0.15) is 38.2 Å². The predicted octanol–water partition coefficient (Wildman–Crippen LogP) is 4.02. The van der Waals surface area contributed by atoms with Gasteiger partial charge < -0.3 is 24.3 Å². The fraction of sp³-hybridized carbons (Fsp3) is 0.533. The summed E-state index contributed by atoms with van der Waals surface area (Å²) in [6, 6.07) is 15.5. The number of likely N-dealkylation sites (tertiary alicyclic amines) is 1. The Kier molecular flexibility index (Phi) is 8.14. The third-order valence-electron chi connectivity index (χ3n) is 8.60. The predicted molar refractivity (Wildman–Crippen MR) is 152 cm³/mol. The number of aliphatic hydroxyl groups excluding tert-OH is 1. The molecule has 0 saturated carbocycles. The molecule has 3 heterocycles. The number of hydrogen-bond donors (Lipinski definition) is 2. The zero-order valence-electron chi connectivity index (χ0n) is 23.1. The number of nitrogens with zero attached hydrogens (tertiary/aromatic N) is 2. The minimum absolute atomic E-state index is 0.00742. The number of benzene rings is 2. The molecule has 0 aromatic heterocycles. The number of ether oxygens (including phenoxy) is 2. The normalized spacial score (nSPS) is 27.0. The molecule has 39 heavy (non-hydrogen) atoms. The van der Waals surface area contributed by atoms with Gasteiger partial charge in [-0.3, -0.25) is 14.5 Å². The molecule has 3 aliphatic heterocycles. The van der Waals surface area contributed by atoms with Gasteiger partial charge in [0, 0.05) is 17.8 Å². The zero-order chi connectivity index (χ0) is 27.7. The van der Waals surface area contributed by atoms with Crippen LogP contribution < -0.4 is 9.64 Å². The summed E-state index contributed by atoms with van der Waals surface area (Å²) in [5.41, 5.74) is 2.60. The molecule has 0 spiro atoms. The van der Waals surface area contributed by atoms with Crippen molar-refractivity contribution >= 4 is 31.5 Å². The van der Waals surface area contributed by atoms with E-state index in [1.165, 1.54) is 0 Å². The fourth-order valence-corrected chi connectivity index (χ4v) is 9.40. The average molecular weight is 553 g/mol. The molecule has 2 aromatic carbocycles. The molecule has 0 aliphatic carbocycles. The van der Waals surface area contributed by atoms with Gasteiger partial charge in [-0.2, -0.15) is 0 Å². The van der Waals surface area contributed by atoms with E-state index in [1.807, 2.05) is 55.6 Å². The summed E-state index contributed by atoms with van der Waals surface area (Å²) in [6.07, 6.45) is 3.09. The van der Waals surface area contributed by atoms with Crippen LogP contribution in [0.5, 0.6) is 5.75 Å². The molecule has 5 rings (SSSR count). The second kappa shape index (κ2) is 11.4. The monoisotopic (exact) mass is 552 g/mol. The molecule has 3 aliphatic rings. The first kappa shape index (κ1) is 27.8. The van der Waals surface area contributed by atoms with Crippen LogP contribution in [-0.2, 0) is 20.7 Å². The van der Waals surface area contributed by atoms with Crippen LogP contribution in [-0.4, -0.2) is 72.9 Å². The average Bonchev–Trinajstić information content (AvgIpc) is 3.51. The van der Waals surface area contributed by atoms with Crippen molar-refractivity contribution in [3.05, 3.63) is 54.1 Å². The van der Waals surface area contributed by atoms with Gasteiger partial charge in [-0.15, -0.1) is 0 Å². The molecule has 5 atom stereocenters. The number of carbonyl (C=O) groups excluding carboxylic acids is 2. The molecule has 0 unspecified atom stereocenters. The number of rotatable bonds is 8. The van der Waals surface area contributed by atoms with E-state index in [0.29, 0.717) is 12.3 Å². The molecule has 2 fully saturated rings. The second-order valence-electron chi connectivity index (χ2n) is 11.7. The summed E-state index contributed by atoms with van der Waals surface area (Å²) >= 11 is 0. The number of hydrogen-bond acceptors (Lipinski definition) is 6. The first-order chi connectivity index (χ1) is 18.7. The van der Waals surface area contributed by atoms with Crippen LogP contribution in [0.15, 0.2) is 48.5 Å². The Morgan fingerprint density at radius 1 is 1.13 bits per heavy atom. The van der Waals surface area contributed by atoms with Crippen LogP contribution in [0.3, 0.4) is 0 Å². The van der Waals surface area contributed by atoms with Crippen LogP contribution in [0, 0.1) is 5.92 Å². The van der Waals surface area contributed by atoms with E-state index in [0.717, 1.165) is 42.6 Å². The van der Waals surface area contributed by atoms with Gasteiger partial charge in [0.15, 0.2) is 14.9 Å². The van der Waals surface area contributed by atoms with Gasteiger partial charge in [-0.1, -0.05) is 31.2 Å².